The molecule has 0 aliphatic carbocycles. The lowest BCUT2D eigenvalue weighted by Gasteiger charge is -2.01. The van der Waals surface area contributed by atoms with E-state index in [-0.39, 0.29) is 0 Å². The Balaban J connectivity index is 3.09. The first-order chi connectivity index (χ1) is 5.54. The Labute approximate surface area is 71.6 Å². The number of ether oxygens (including phenoxy) is 1. The first-order valence-corrected chi connectivity index (χ1v) is 5.24. The highest BCUT2D eigenvalue weighted by molar-refractivity contribution is 7.91. The van der Waals surface area contributed by atoms with E-state index in [1.54, 1.807) is 12.1 Å². The molecule has 1 heterocycles. The molecule has 0 saturated carbocycles. The van der Waals surface area contributed by atoms with Crippen molar-refractivity contribution in [1.29, 1.82) is 4.78 Å². The molecule has 66 valence electrons. The number of methoxy groups -OCH3 is 1. The van der Waals surface area contributed by atoms with Crippen molar-refractivity contribution in [3.05, 3.63) is 18.3 Å². The molecule has 1 rings (SSSR count). The second-order valence-corrected chi connectivity index (χ2v) is 4.54. The lowest BCUT2D eigenvalue weighted by Crippen LogP contribution is -1.96. The fourth-order valence-electron chi connectivity index (χ4n) is 0.718. The highest BCUT2D eigenvalue weighted by Crippen LogP contribution is 2.11. The van der Waals surface area contributed by atoms with Crippen LogP contribution in [0.1, 0.15) is 0 Å². The maximum absolute atomic E-state index is 11.2. The van der Waals surface area contributed by atoms with Crippen LogP contribution in [-0.2, 0) is 9.73 Å². The van der Waals surface area contributed by atoms with Crippen LogP contribution in [0.25, 0.3) is 0 Å². The molecule has 0 fully saturated rings. The van der Waals surface area contributed by atoms with Gasteiger partial charge < -0.3 is 4.74 Å². The van der Waals surface area contributed by atoms with E-state index in [4.69, 9.17) is 9.52 Å². The number of hydrogen-bond acceptors (Lipinski definition) is 4. The number of hydrogen-bond donors (Lipinski definition) is 1. The zero-order chi connectivity index (χ0) is 9.19. The van der Waals surface area contributed by atoms with Crippen LogP contribution in [0.5, 0.6) is 5.88 Å². The summed E-state index contributed by atoms with van der Waals surface area (Å²) >= 11 is 0. The number of nitrogens with zero attached hydrogens (tertiary/aromatic N) is 1. The van der Waals surface area contributed by atoms with Crippen molar-refractivity contribution in [2.45, 2.75) is 4.90 Å². The minimum Gasteiger partial charge on any atom is -0.481 e. The molecule has 0 spiro atoms. The summed E-state index contributed by atoms with van der Waals surface area (Å²) in [5.74, 6) is 0.461. The predicted molar refractivity (Wildman–Crippen MR) is 45.8 cm³/mol. The molecule has 5 heteroatoms. The molecule has 1 N–H and O–H groups in total. The van der Waals surface area contributed by atoms with Crippen molar-refractivity contribution >= 4 is 9.73 Å². The van der Waals surface area contributed by atoms with Crippen molar-refractivity contribution < 1.29 is 8.95 Å². The number of pyridine rings is 1. The quantitative estimate of drug-likeness (QED) is 0.753. The van der Waals surface area contributed by atoms with E-state index >= 15 is 0 Å². The van der Waals surface area contributed by atoms with Crippen molar-refractivity contribution in [2.24, 2.45) is 0 Å². The summed E-state index contributed by atoms with van der Waals surface area (Å²) in [7, 11) is -1.14. The third kappa shape index (κ3) is 1.94. The molecule has 12 heavy (non-hydrogen) atoms. The van der Waals surface area contributed by atoms with Crippen LogP contribution in [-0.4, -0.2) is 22.6 Å². The third-order valence-corrected chi connectivity index (χ3v) is 2.51. The monoisotopic (exact) mass is 186 g/mol. The Morgan fingerprint density at radius 3 is 2.58 bits per heavy atom. The van der Waals surface area contributed by atoms with Gasteiger partial charge in [-0.1, -0.05) is 0 Å². The molecule has 4 nitrogen and oxygen atoms in total. The first-order valence-electron chi connectivity index (χ1n) is 3.28. The van der Waals surface area contributed by atoms with Gasteiger partial charge in [-0.2, -0.15) is 0 Å². The Bertz CT molecular complexity index is 355. The fourth-order valence-corrected chi connectivity index (χ4v) is 1.30. The molecule has 1 atom stereocenters. The van der Waals surface area contributed by atoms with Gasteiger partial charge in [0, 0.05) is 18.5 Å². The van der Waals surface area contributed by atoms with Gasteiger partial charge in [-0.05, 0) is 6.07 Å². The van der Waals surface area contributed by atoms with Crippen LogP contribution in [0, 0.1) is 4.78 Å². The summed E-state index contributed by atoms with van der Waals surface area (Å²) < 4.78 is 23.2. The summed E-state index contributed by atoms with van der Waals surface area (Å²) in [6, 6.07) is 3.17. The molecule has 0 aromatic carbocycles. The summed E-state index contributed by atoms with van der Waals surface area (Å²) in [5, 5.41) is 0. The van der Waals surface area contributed by atoms with Gasteiger partial charge in [0.05, 0.1) is 21.7 Å². The van der Waals surface area contributed by atoms with Gasteiger partial charge in [-0.15, -0.1) is 0 Å². The zero-order valence-electron chi connectivity index (χ0n) is 6.90. The average Bonchev–Trinajstić information content (AvgIpc) is 2.03. The van der Waals surface area contributed by atoms with Crippen molar-refractivity contribution in [2.75, 3.05) is 13.4 Å². The third-order valence-electron chi connectivity index (χ3n) is 1.37. The van der Waals surface area contributed by atoms with E-state index in [9.17, 15) is 4.21 Å². The highest BCUT2D eigenvalue weighted by Gasteiger charge is 2.02. The number of aromatic nitrogens is 1. The van der Waals surface area contributed by atoms with Gasteiger partial charge in [0.25, 0.3) is 0 Å². The molecule has 0 radical (unpaired) electrons. The number of rotatable bonds is 2. The SMILES string of the molecule is COc1ccc(S(C)(=N)=O)cn1. The molecule has 0 saturated heterocycles. The number of nitrogens with one attached hydrogen (secondary N) is 1. The molecular formula is C7H10N2O2S. The van der Waals surface area contributed by atoms with Crippen molar-refractivity contribution in [3.8, 4) is 5.88 Å². The molecule has 0 amide bonds. The van der Waals surface area contributed by atoms with E-state index in [0.717, 1.165) is 0 Å². The van der Waals surface area contributed by atoms with Gasteiger partial charge in [-0.3, -0.25) is 0 Å². The van der Waals surface area contributed by atoms with Gasteiger partial charge >= 0.3 is 0 Å². The molecule has 1 unspecified atom stereocenters. The molecule has 1 aromatic rings. The maximum atomic E-state index is 11.2. The van der Waals surface area contributed by atoms with Gasteiger partial charge in [-0.25, -0.2) is 14.0 Å². The topological polar surface area (TPSA) is 63.0 Å². The van der Waals surface area contributed by atoms with Crippen LogP contribution >= 0.6 is 0 Å². The largest absolute Gasteiger partial charge is 0.481 e. The smallest absolute Gasteiger partial charge is 0.212 e. The van der Waals surface area contributed by atoms with E-state index in [1.165, 1.54) is 19.6 Å². The van der Waals surface area contributed by atoms with Crippen molar-refractivity contribution in [1.82, 2.24) is 4.98 Å². The van der Waals surface area contributed by atoms with Gasteiger partial charge in [0.2, 0.25) is 5.88 Å². The van der Waals surface area contributed by atoms with Crippen LogP contribution in [0.15, 0.2) is 23.2 Å². The summed E-state index contributed by atoms with van der Waals surface area (Å²) in [6.07, 6.45) is 2.75. The van der Waals surface area contributed by atoms with Gasteiger partial charge in [0.15, 0.2) is 0 Å². The fraction of sp³-hybridized carbons (Fsp3) is 0.286. The molecule has 0 aliphatic heterocycles. The second kappa shape index (κ2) is 3.10. The van der Waals surface area contributed by atoms with Crippen LogP contribution in [0.2, 0.25) is 0 Å². The lowest BCUT2D eigenvalue weighted by molar-refractivity contribution is 0.397. The van der Waals surface area contributed by atoms with E-state index < -0.39 is 9.73 Å². The average molecular weight is 186 g/mol. The highest BCUT2D eigenvalue weighted by atomic mass is 32.2. The lowest BCUT2D eigenvalue weighted by atomic mass is 10.5. The summed E-state index contributed by atoms with van der Waals surface area (Å²) in [4.78, 5) is 4.26. The Kier molecular flexibility index (Phi) is 2.32. The predicted octanol–water partition coefficient (Wildman–Crippen LogP) is 1.13. The minimum atomic E-state index is -2.65. The standard InChI is InChI=1S/C7H10N2O2S/c1-11-7-4-3-6(5-9-7)12(2,8)10/h3-5,8H,1-2H3. The molecule has 1 aromatic heterocycles. The molecular weight excluding hydrogens is 176 g/mol. The molecule has 0 aliphatic rings. The Morgan fingerprint density at radius 2 is 2.25 bits per heavy atom. The summed E-state index contributed by atoms with van der Waals surface area (Å²) in [5.41, 5.74) is 0. The maximum Gasteiger partial charge on any atom is 0.212 e. The van der Waals surface area contributed by atoms with E-state index in [0.29, 0.717) is 10.8 Å². The molecule has 0 bridgehead atoms. The second-order valence-electron chi connectivity index (χ2n) is 2.38. The van der Waals surface area contributed by atoms with E-state index in [2.05, 4.69) is 4.98 Å². The Hall–Kier alpha value is -1.10. The Morgan fingerprint density at radius 1 is 1.58 bits per heavy atom. The van der Waals surface area contributed by atoms with Gasteiger partial charge in [0.1, 0.15) is 0 Å². The first kappa shape index (κ1) is 8.99. The zero-order valence-corrected chi connectivity index (χ0v) is 7.72. The van der Waals surface area contributed by atoms with Crippen LogP contribution in [0.3, 0.4) is 0 Å². The van der Waals surface area contributed by atoms with E-state index in [1.807, 2.05) is 0 Å². The van der Waals surface area contributed by atoms with Crippen molar-refractivity contribution in [3.63, 3.8) is 0 Å². The van der Waals surface area contributed by atoms with Crippen LogP contribution in [0.4, 0.5) is 0 Å². The summed E-state index contributed by atoms with van der Waals surface area (Å²) in [6.45, 7) is 0. The normalized spacial score (nSPS) is 15.2. The van der Waals surface area contributed by atoms with Crippen LogP contribution < -0.4 is 4.74 Å². The minimum absolute atomic E-state index is 0.420.